The van der Waals surface area contributed by atoms with Gasteiger partial charge >= 0.3 is 0 Å². The number of aryl methyl sites for hydroxylation is 2. The van der Waals surface area contributed by atoms with Gasteiger partial charge < -0.3 is 19.1 Å². The molecule has 1 atom stereocenters. The van der Waals surface area contributed by atoms with Gasteiger partial charge in [-0.2, -0.15) is 0 Å². The zero-order chi connectivity index (χ0) is 21.8. The Balaban J connectivity index is 1.44. The Morgan fingerprint density at radius 2 is 1.94 bits per heavy atom. The van der Waals surface area contributed by atoms with E-state index in [0.29, 0.717) is 17.1 Å². The molecule has 7 nitrogen and oxygen atoms in total. The third kappa shape index (κ3) is 4.50. The Hall–Kier alpha value is -3.87. The second-order valence-electron chi connectivity index (χ2n) is 7.34. The molecule has 0 bridgehead atoms. The summed E-state index contributed by atoms with van der Waals surface area (Å²) in [6.45, 7) is 5.96. The summed E-state index contributed by atoms with van der Waals surface area (Å²) in [7, 11) is 0. The maximum Gasteiger partial charge on any atom is 0.255 e. The van der Waals surface area contributed by atoms with E-state index in [1.54, 1.807) is 24.7 Å². The number of nitrogens with one attached hydrogen (secondary N) is 1. The summed E-state index contributed by atoms with van der Waals surface area (Å²) < 4.78 is 13.1. The number of amides is 1. The summed E-state index contributed by atoms with van der Waals surface area (Å²) in [5.74, 6) is 1.04. The minimum Gasteiger partial charge on any atom is -0.488 e. The van der Waals surface area contributed by atoms with Crippen LogP contribution in [0.1, 0.15) is 45.9 Å². The minimum absolute atomic E-state index is 0.167. The Morgan fingerprint density at radius 1 is 1.16 bits per heavy atom. The number of nitrogens with zero attached hydrogens (tertiary/aromatic N) is 3. The normalized spacial score (nSPS) is 11.8. The molecule has 0 aliphatic heterocycles. The number of aromatic nitrogens is 3. The molecule has 1 N–H and O–H groups in total. The largest absolute Gasteiger partial charge is 0.488 e. The zero-order valence-corrected chi connectivity index (χ0v) is 17.7. The number of benzene rings is 2. The first-order chi connectivity index (χ1) is 15.0. The summed E-state index contributed by atoms with van der Waals surface area (Å²) in [5.41, 5.74) is 4.18. The van der Waals surface area contributed by atoms with Gasteiger partial charge in [0.25, 0.3) is 5.91 Å². The number of ether oxygens (including phenoxy) is 1. The van der Waals surface area contributed by atoms with Gasteiger partial charge in [-0.3, -0.25) is 4.79 Å². The highest BCUT2D eigenvalue weighted by atomic mass is 16.5. The van der Waals surface area contributed by atoms with Gasteiger partial charge in [0, 0.05) is 18.1 Å². The first kappa shape index (κ1) is 20.4. The SMILES string of the molecule is Cc1noc(C)c1COc1ccccc1C(=O)NC(C)c1ccc(-n2ccnc2)cc1. The van der Waals surface area contributed by atoms with Gasteiger partial charge in [-0.15, -0.1) is 0 Å². The minimum atomic E-state index is -0.194. The van der Waals surface area contributed by atoms with Crippen LogP contribution >= 0.6 is 0 Å². The van der Waals surface area contributed by atoms with Crippen molar-refractivity contribution in [2.75, 3.05) is 0 Å². The topological polar surface area (TPSA) is 82.2 Å². The van der Waals surface area contributed by atoms with E-state index < -0.39 is 0 Å². The summed E-state index contributed by atoms with van der Waals surface area (Å²) in [5, 5.41) is 7.00. The lowest BCUT2D eigenvalue weighted by atomic mass is 10.1. The molecular formula is C24H24N4O3. The zero-order valence-electron chi connectivity index (χ0n) is 17.7. The van der Waals surface area contributed by atoms with Crippen LogP contribution in [0.3, 0.4) is 0 Å². The van der Waals surface area contributed by atoms with Crippen molar-refractivity contribution in [1.82, 2.24) is 20.0 Å². The van der Waals surface area contributed by atoms with Crippen LogP contribution < -0.4 is 10.1 Å². The van der Waals surface area contributed by atoms with Crippen molar-refractivity contribution >= 4 is 5.91 Å². The van der Waals surface area contributed by atoms with Crippen LogP contribution in [-0.2, 0) is 6.61 Å². The molecule has 7 heteroatoms. The summed E-state index contributed by atoms with van der Waals surface area (Å²) in [6, 6.07) is 15.0. The number of para-hydroxylation sites is 1. The molecule has 4 rings (SSSR count). The van der Waals surface area contributed by atoms with Crippen molar-refractivity contribution < 1.29 is 14.1 Å². The number of hydrogen-bond acceptors (Lipinski definition) is 5. The Bertz CT molecular complexity index is 1140. The third-order valence-corrected chi connectivity index (χ3v) is 5.23. The van der Waals surface area contributed by atoms with Gasteiger partial charge in [0.15, 0.2) is 0 Å². The molecular weight excluding hydrogens is 392 g/mol. The summed E-state index contributed by atoms with van der Waals surface area (Å²) >= 11 is 0. The maximum atomic E-state index is 13.0. The fourth-order valence-corrected chi connectivity index (χ4v) is 3.34. The van der Waals surface area contributed by atoms with E-state index in [1.807, 2.05) is 67.9 Å². The molecule has 158 valence electrons. The quantitative estimate of drug-likeness (QED) is 0.478. The van der Waals surface area contributed by atoms with E-state index in [2.05, 4.69) is 15.5 Å². The first-order valence-corrected chi connectivity index (χ1v) is 10.1. The summed E-state index contributed by atoms with van der Waals surface area (Å²) in [4.78, 5) is 17.0. The van der Waals surface area contributed by atoms with Crippen LogP contribution in [0.2, 0.25) is 0 Å². The van der Waals surface area contributed by atoms with Gasteiger partial charge in [0.2, 0.25) is 0 Å². The first-order valence-electron chi connectivity index (χ1n) is 10.1. The second-order valence-corrected chi connectivity index (χ2v) is 7.34. The molecule has 31 heavy (non-hydrogen) atoms. The molecule has 0 aliphatic carbocycles. The maximum absolute atomic E-state index is 13.0. The van der Waals surface area contributed by atoms with Crippen molar-refractivity contribution in [3.63, 3.8) is 0 Å². The van der Waals surface area contributed by atoms with E-state index in [0.717, 1.165) is 22.5 Å². The Morgan fingerprint density at radius 3 is 2.61 bits per heavy atom. The van der Waals surface area contributed by atoms with Gasteiger partial charge in [-0.25, -0.2) is 4.98 Å². The highest BCUT2D eigenvalue weighted by Gasteiger charge is 2.17. The lowest BCUT2D eigenvalue weighted by Gasteiger charge is -2.17. The van der Waals surface area contributed by atoms with Crippen LogP contribution in [0.5, 0.6) is 5.75 Å². The van der Waals surface area contributed by atoms with E-state index in [-0.39, 0.29) is 18.6 Å². The highest BCUT2D eigenvalue weighted by molar-refractivity contribution is 5.97. The monoisotopic (exact) mass is 416 g/mol. The van der Waals surface area contributed by atoms with Crippen molar-refractivity contribution in [2.45, 2.75) is 33.4 Å². The third-order valence-electron chi connectivity index (χ3n) is 5.23. The van der Waals surface area contributed by atoms with Gasteiger partial charge in [-0.1, -0.05) is 29.4 Å². The average molecular weight is 416 g/mol. The van der Waals surface area contributed by atoms with Crippen molar-refractivity contribution in [3.05, 3.63) is 95.4 Å². The number of carbonyl (C=O) groups excluding carboxylic acids is 1. The van der Waals surface area contributed by atoms with Gasteiger partial charge in [0.1, 0.15) is 18.1 Å². The van der Waals surface area contributed by atoms with Crippen molar-refractivity contribution in [1.29, 1.82) is 0 Å². The van der Waals surface area contributed by atoms with E-state index in [1.165, 1.54) is 0 Å². The fraction of sp³-hybridized carbons (Fsp3) is 0.208. The van der Waals surface area contributed by atoms with Crippen molar-refractivity contribution in [3.8, 4) is 11.4 Å². The molecule has 1 unspecified atom stereocenters. The number of hydrogen-bond donors (Lipinski definition) is 1. The van der Waals surface area contributed by atoms with Gasteiger partial charge in [-0.05, 0) is 50.6 Å². The van der Waals surface area contributed by atoms with Crippen LogP contribution in [0.4, 0.5) is 0 Å². The van der Waals surface area contributed by atoms with E-state index in [4.69, 9.17) is 9.26 Å². The Kier molecular flexibility index (Phi) is 5.84. The molecule has 2 aromatic heterocycles. The highest BCUT2D eigenvalue weighted by Crippen LogP contribution is 2.23. The average Bonchev–Trinajstić information content (AvgIpc) is 3.43. The molecule has 2 aromatic carbocycles. The van der Waals surface area contributed by atoms with Crippen LogP contribution in [-0.4, -0.2) is 20.6 Å². The number of carbonyl (C=O) groups is 1. The predicted molar refractivity (Wildman–Crippen MR) is 116 cm³/mol. The molecule has 1 amide bonds. The van der Waals surface area contributed by atoms with Gasteiger partial charge in [0.05, 0.1) is 29.2 Å². The number of rotatable bonds is 7. The number of imidazole rings is 1. The lowest BCUT2D eigenvalue weighted by molar-refractivity contribution is 0.0935. The molecule has 0 fully saturated rings. The van der Waals surface area contributed by atoms with Crippen LogP contribution in [0.15, 0.2) is 71.8 Å². The van der Waals surface area contributed by atoms with Crippen molar-refractivity contribution in [2.24, 2.45) is 0 Å². The molecule has 0 saturated heterocycles. The second kappa shape index (κ2) is 8.87. The molecule has 2 heterocycles. The molecule has 0 radical (unpaired) electrons. The molecule has 0 spiro atoms. The smallest absolute Gasteiger partial charge is 0.255 e. The fourth-order valence-electron chi connectivity index (χ4n) is 3.34. The van der Waals surface area contributed by atoms with Crippen LogP contribution in [0.25, 0.3) is 5.69 Å². The van der Waals surface area contributed by atoms with E-state index >= 15 is 0 Å². The lowest BCUT2D eigenvalue weighted by Crippen LogP contribution is -2.27. The predicted octanol–water partition coefficient (Wildman–Crippen LogP) is 4.55. The van der Waals surface area contributed by atoms with E-state index in [9.17, 15) is 4.79 Å². The standard InChI is InChI=1S/C24H24N4O3/c1-16(19-8-10-20(11-9-19)28-13-12-25-15-28)26-24(29)21-6-4-5-7-23(21)30-14-22-17(2)27-31-18(22)3/h4-13,15-16H,14H2,1-3H3,(H,26,29). The summed E-state index contributed by atoms with van der Waals surface area (Å²) in [6.07, 6.45) is 5.38. The van der Waals surface area contributed by atoms with Crippen LogP contribution in [0, 0.1) is 13.8 Å². The molecule has 0 aliphatic rings. The molecule has 0 saturated carbocycles. The Labute approximate surface area is 180 Å². The molecule has 4 aromatic rings.